The topological polar surface area (TPSA) is 49.4 Å². The summed E-state index contributed by atoms with van der Waals surface area (Å²) in [6.45, 7) is 1.96. The Morgan fingerprint density at radius 3 is 2.48 bits per heavy atom. The zero-order valence-electron chi connectivity index (χ0n) is 11.7. The van der Waals surface area contributed by atoms with Crippen LogP contribution < -0.4 is 5.32 Å². The van der Waals surface area contributed by atoms with Gasteiger partial charge in [-0.3, -0.25) is 14.5 Å². The van der Waals surface area contributed by atoms with Crippen molar-refractivity contribution in [1.82, 2.24) is 4.90 Å². The van der Waals surface area contributed by atoms with Gasteiger partial charge in [-0.25, -0.2) is 0 Å². The third-order valence-electron chi connectivity index (χ3n) is 3.46. The number of anilines is 1. The highest BCUT2D eigenvalue weighted by molar-refractivity contribution is 7.11. The number of para-hydroxylation sites is 1. The van der Waals surface area contributed by atoms with Gasteiger partial charge in [-0.15, -0.1) is 11.3 Å². The molecule has 1 N–H and O–H groups in total. The Morgan fingerprint density at radius 1 is 1.05 bits per heavy atom. The summed E-state index contributed by atoms with van der Waals surface area (Å²) in [4.78, 5) is 26.6. The van der Waals surface area contributed by atoms with Gasteiger partial charge < -0.3 is 5.32 Å². The van der Waals surface area contributed by atoms with Crippen LogP contribution in [0, 0.1) is 6.92 Å². The first-order chi connectivity index (χ1) is 10.1. The number of carbonyl (C=O) groups excluding carboxylic acids is 2. The fourth-order valence-corrected chi connectivity index (χ4v) is 3.02. The molecule has 21 heavy (non-hydrogen) atoms. The minimum Gasteiger partial charge on any atom is -0.350 e. The average molecular weight is 298 g/mol. The molecule has 1 aliphatic rings. The highest BCUT2D eigenvalue weighted by Gasteiger charge is 2.37. The van der Waals surface area contributed by atoms with Crippen LogP contribution >= 0.6 is 11.3 Å². The lowest BCUT2D eigenvalue weighted by Gasteiger charge is -2.10. The maximum Gasteiger partial charge on any atom is 0.277 e. The van der Waals surface area contributed by atoms with E-state index in [4.69, 9.17) is 0 Å². The summed E-state index contributed by atoms with van der Waals surface area (Å²) in [6.07, 6.45) is 0. The molecule has 0 radical (unpaired) electrons. The number of likely N-dealkylation sites (N-methyl/N-ethyl adjacent to an activating group) is 1. The van der Waals surface area contributed by atoms with Crippen LogP contribution in [-0.4, -0.2) is 23.8 Å². The van der Waals surface area contributed by atoms with E-state index in [1.54, 1.807) is 0 Å². The van der Waals surface area contributed by atoms with E-state index in [0.717, 1.165) is 21.0 Å². The molecule has 0 unspecified atom stereocenters. The van der Waals surface area contributed by atoms with Crippen LogP contribution in [0.5, 0.6) is 0 Å². The monoisotopic (exact) mass is 298 g/mol. The number of hydrogen-bond donors (Lipinski definition) is 1. The van der Waals surface area contributed by atoms with Crippen LogP contribution in [0.1, 0.15) is 10.4 Å². The third-order valence-corrected chi connectivity index (χ3v) is 4.35. The highest BCUT2D eigenvalue weighted by atomic mass is 32.1. The molecule has 1 aliphatic heterocycles. The molecule has 1 aromatic heterocycles. The average Bonchev–Trinajstić information content (AvgIpc) is 3.06. The molecule has 2 aromatic rings. The van der Waals surface area contributed by atoms with Gasteiger partial charge in [-0.05, 0) is 30.0 Å². The van der Waals surface area contributed by atoms with Crippen molar-refractivity contribution in [1.29, 1.82) is 0 Å². The van der Waals surface area contributed by atoms with Gasteiger partial charge in [0.15, 0.2) is 0 Å². The molecular weight excluding hydrogens is 284 g/mol. The Kier molecular flexibility index (Phi) is 3.35. The predicted octanol–water partition coefficient (Wildman–Crippen LogP) is 2.88. The van der Waals surface area contributed by atoms with Gasteiger partial charge in [0.05, 0.1) is 5.57 Å². The number of nitrogens with one attached hydrogen (secondary N) is 1. The minimum absolute atomic E-state index is 0.265. The van der Waals surface area contributed by atoms with Crippen molar-refractivity contribution in [3.63, 3.8) is 0 Å². The Morgan fingerprint density at radius 2 is 1.81 bits per heavy atom. The molecule has 0 spiro atoms. The van der Waals surface area contributed by atoms with Crippen LogP contribution in [0.15, 0.2) is 47.5 Å². The quantitative estimate of drug-likeness (QED) is 0.886. The molecule has 4 nitrogen and oxygen atoms in total. The molecule has 0 saturated heterocycles. The second-order valence-corrected chi connectivity index (χ2v) is 5.78. The van der Waals surface area contributed by atoms with E-state index in [9.17, 15) is 9.59 Å². The van der Waals surface area contributed by atoms with Crippen molar-refractivity contribution in [2.24, 2.45) is 0 Å². The molecule has 0 saturated carbocycles. The predicted molar refractivity (Wildman–Crippen MR) is 83.8 cm³/mol. The van der Waals surface area contributed by atoms with Crippen molar-refractivity contribution < 1.29 is 9.59 Å². The standard InChI is InChI=1S/C16H14N2O2S/c1-10-6-3-4-7-11(10)17-14-13(12-8-5-9-21-12)15(19)18(2)16(14)20/h3-9,17H,1-2H3. The molecule has 0 aliphatic carbocycles. The minimum atomic E-state index is -0.299. The SMILES string of the molecule is Cc1ccccc1NC1=C(c2cccs2)C(=O)N(C)C1=O. The number of rotatable bonds is 3. The van der Waals surface area contributed by atoms with E-state index in [-0.39, 0.29) is 11.8 Å². The first-order valence-electron chi connectivity index (χ1n) is 6.53. The lowest BCUT2D eigenvalue weighted by molar-refractivity contribution is -0.135. The first kappa shape index (κ1) is 13.6. The van der Waals surface area contributed by atoms with E-state index in [2.05, 4.69) is 5.32 Å². The number of nitrogens with zero attached hydrogens (tertiary/aromatic N) is 1. The van der Waals surface area contributed by atoms with E-state index >= 15 is 0 Å². The zero-order chi connectivity index (χ0) is 15.0. The van der Waals surface area contributed by atoms with Crippen molar-refractivity contribution in [3.05, 3.63) is 57.9 Å². The van der Waals surface area contributed by atoms with E-state index in [1.807, 2.05) is 48.7 Å². The number of imide groups is 1. The zero-order valence-corrected chi connectivity index (χ0v) is 12.5. The lowest BCUT2D eigenvalue weighted by atomic mass is 10.1. The maximum absolute atomic E-state index is 12.3. The molecule has 2 amide bonds. The first-order valence-corrected chi connectivity index (χ1v) is 7.40. The number of carbonyl (C=O) groups is 2. The smallest absolute Gasteiger partial charge is 0.277 e. The van der Waals surface area contributed by atoms with Crippen LogP contribution in [0.3, 0.4) is 0 Å². The van der Waals surface area contributed by atoms with Gasteiger partial charge in [0.25, 0.3) is 11.8 Å². The third kappa shape index (κ3) is 2.25. The Labute approximate surface area is 126 Å². The summed E-state index contributed by atoms with van der Waals surface area (Å²) in [6, 6.07) is 11.4. The fourth-order valence-electron chi connectivity index (χ4n) is 2.25. The second-order valence-electron chi connectivity index (χ2n) is 4.84. The molecule has 2 heterocycles. The van der Waals surface area contributed by atoms with Crippen LogP contribution in [0.4, 0.5) is 5.69 Å². The summed E-state index contributed by atoms with van der Waals surface area (Å²) in [5, 5.41) is 5.03. The van der Waals surface area contributed by atoms with Crippen LogP contribution in [-0.2, 0) is 9.59 Å². The Balaban J connectivity index is 2.09. The summed E-state index contributed by atoms with van der Waals surface area (Å²) >= 11 is 1.45. The van der Waals surface area contributed by atoms with Gasteiger partial charge in [-0.1, -0.05) is 24.3 Å². The van der Waals surface area contributed by atoms with Gasteiger partial charge in [0.1, 0.15) is 5.70 Å². The Bertz CT molecular complexity index is 747. The largest absolute Gasteiger partial charge is 0.350 e. The molecule has 0 atom stereocenters. The molecule has 3 rings (SSSR count). The van der Waals surface area contributed by atoms with Crippen LogP contribution in [0.25, 0.3) is 5.57 Å². The lowest BCUT2D eigenvalue weighted by Crippen LogP contribution is -2.27. The molecule has 1 aromatic carbocycles. The van der Waals surface area contributed by atoms with Crippen molar-refractivity contribution in [2.75, 3.05) is 12.4 Å². The van der Waals surface area contributed by atoms with Gasteiger partial charge in [0.2, 0.25) is 0 Å². The summed E-state index contributed by atoms with van der Waals surface area (Å²) in [5.41, 5.74) is 2.64. The van der Waals surface area contributed by atoms with Gasteiger partial charge >= 0.3 is 0 Å². The van der Waals surface area contributed by atoms with E-state index < -0.39 is 0 Å². The summed E-state index contributed by atoms with van der Waals surface area (Å²) < 4.78 is 0. The summed E-state index contributed by atoms with van der Waals surface area (Å²) in [5.74, 6) is -0.565. The molecule has 0 fully saturated rings. The van der Waals surface area contributed by atoms with Crippen molar-refractivity contribution >= 4 is 34.4 Å². The van der Waals surface area contributed by atoms with Crippen LogP contribution in [0.2, 0.25) is 0 Å². The van der Waals surface area contributed by atoms with Crippen molar-refractivity contribution in [3.8, 4) is 0 Å². The fraction of sp³-hybridized carbons (Fsp3) is 0.125. The number of aryl methyl sites for hydroxylation is 1. The van der Waals surface area contributed by atoms with E-state index in [1.165, 1.54) is 18.4 Å². The number of benzene rings is 1. The number of thiophene rings is 1. The highest BCUT2D eigenvalue weighted by Crippen LogP contribution is 2.32. The molecular formula is C16H14N2O2S. The van der Waals surface area contributed by atoms with Gasteiger partial charge in [-0.2, -0.15) is 0 Å². The second kappa shape index (κ2) is 5.18. The number of hydrogen-bond acceptors (Lipinski definition) is 4. The molecule has 0 bridgehead atoms. The Hall–Kier alpha value is -2.40. The van der Waals surface area contributed by atoms with Crippen molar-refractivity contribution in [2.45, 2.75) is 6.92 Å². The summed E-state index contributed by atoms with van der Waals surface area (Å²) in [7, 11) is 1.50. The normalized spacial score (nSPS) is 15.0. The molecule has 5 heteroatoms. The molecule has 106 valence electrons. The maximum atomic E-state index is 12.3. The number of amides is 2. The van der Waals surface area contributed by atoms with Gasteiger partial charge in [0, 0.05) is 17.6 Å². The van der Waals surface area contributed by atoms with E-state index in [0.29, 0.717) is 11.3 Å².